The van der Waals surface area contributed by atoms with Crippen molar-refractivity contribution >= 4 is 21.8 Å². The third-order valence-electron chi connectivity index (χ3n) is 3.22. The summed E-state index contributed by atoms with van der Waals surface area (Å²) in [5, 5.41) is 2.66. The van der Waals surface area contributed by atoms with E-state index in [0.29, 0.717) is 17.3 Å². The largest absolute Gasteiger partial charge is 0.352 e. The lowest BCUT2D eigenvalue weighted by Crippen LogP contribution is -2.29. The highest BCUT2D eigenvalue weighted by Gasteiger charge is 2.23. The highest BCUT2D eigenvalue weighted by Crippen LogP contribution is 2.30. The number of carbonyl (C=O) groups excluding carboxylic acids is 1. The fourth-order valence-electron chi connectivity index (χ4n) is 2.21. The number of benzene rings is 1. The van der Waals surface area contributed by atoms with Crippen LogP contribution in [0.1, 0.15) is 29.6 Å². The van der Waals surface area contributed by atoms with Crippen molar-refractivity contribution in [3.05, 3.63) is 35.4 Å². The number of amides is 1. The fourth-order valence-corrected chi connectivity index (χ4v) is 3.00. The zero-order chi connectivity index (χ0) is 13.1. The zero-order valence-electron chi connectivity index (χ0n) is 9.76. The Kier molecular flexibility index (Phi) is 4.32. The Hall–Kier alpha value is -0.970. The van der Waals surface area contributed by atoms with E-state index >= 15 is 0 Å². The average molecular weight is 318 g/mol. The molecule has 1 saturated carbocycles. The molecule has 0 saturated heterocycles. The Morgan fingerprint density at radius 3 is 2.83 bits per heavy atom. The Labute approximate surface area is 113 Å². The fraction of sp³-hybridized carbons (Fsp3) is 0.462. The average Bonchev–Trinajstić information content (AvgIpc) is 2.76. The van der Waals surface area contributed by atoms with Crippen LogP contribution in [0.3, 0.4) is 0 Å². The first kappa shape index (κ1) is 13.5. The maximum absolute atomic E-state index is 13.4. The second-order valence-corrected chi connectivity index (χ2v) is 5.88. The van der Waals surface area contributed by atoms with Gasteiger partial charge in [-0.1, -0.05) is 22.0 Å². The maximum atomic E-state index is 13.4. The Morgan fingerprint density at radius 2 is 2.17 bits per heavy atom. The first-order chi connectivity index (χ1) is 8.58. The Morgan fingerprint density at radius 1 is 1.39 bits per heavy atom. The van der Waals surface area contributed by atoms with E-state index in [1.165, 1.54) is 12.1 Å². The molecule has 0 spiro atoms. The minimum atomic E-state index is -1.08. The minimum Gasteiger partial charge on any atom is -0.352 e. The topological polar surface area (TPSA) is 29.1 Å². The quantitative estimate of drug-likeness (QED) is 0.852. The molecule has 0 bridgehead atoms. The van der Waals surface area contributed by atoms with Gasteiger partial charge in [0.1, 0.15) is 0 Å². The van der Waals surface area contributed by atoms with Gasteiger partial charge in [-0.2, -0.15) is 0 Å². The van der Waals surface area contributed by atoms with E-state index in [0.717, 1.165) is 25.3 Å². The number of hydrogen-bond acceptors (Lipinski definition) is 1. The molecule has 5 heteroatoms. The standard InChI is InChI=1S/C13H14BrF2NO/c14-9-5-4-8(6-9)7-17-13(18)10-2-1-3-11(15)12(10)16/h1-3,8-9H,4-7H2,(H,17,18). The van der Waals surface area contributed by atoms with Crippen molar-refractivity contribution in [1.29, 1.82) is 0 Å². The molecule has 1 aliphatic carbocycles. The van der Waals surface area contributed by atoms with Gasteiger partial charge in [-0.15, -0.1) is 0 Å². The van der Waals surface area contributed by atoms with Gasteiger partial charge in [0.15, 0.2) is 11.6 Å². The number of alkyl halides is 1. The van der Waals surface area contributed by atoms with Crippen molar-refractivity contribution in [3.63, 3.8) is 0 Å². The molecular formula is C13H14BrF2NO. The van der Waals surface area contributed by atoms with Crippen LogP contribution in [0.15, 0.2) is 18.2 Å². The summed E-state index contributed by atoms with van der Waals surface area (Å²) in [4.78, 5) is 12.2. The third-order valence-corrected chi connectivity index (χ3v) is 4.06. The van der Waals surface area contributed by atoms with Gasteiger partial charge in [0, 0.05) is 11.4 Å². The third kappa shape index (κ3) is 3.07. The molecular weight excluding hydrogens is 304 g/mol. The first-order valence-electron chi connectivity index (χ1n) is 5.94. The Bertz CT molecular complexity index is 453. The molecule has 1 fully saturated rings. The predicted octanol–water partition coefficient (Wildman–Crippen LogP) is 3.26. The van der Waals surface area contributed by atoms with Crippen molar-refractivity contribution in [1.82, 2.24) is 5.32 Å². The molecule has 1 aromatic rings. The lowest BCUT2D eigenvalue weighted by Gasteiger charge is -2.11. The summed E-state index contributed by atoms with van der Waals surface area (Å²) in [7, 11) is 0. The van der Waals surface area contributed by atoms with Crippen molar-refractivity contribution in [3.8, 4) is 0 Å². The van der Waals surface area contributed by atoms with Crippen molar-refractivity contribution in [2.75, 3.05) is 6.54 Å². The molecule has 1 aromatic carbocycles. The van der Waals surface area contributed by atoms with Crippen LogP contribution in [0.2, 0.25) is 0 Å². The van der Waals surface area contributed by atoms with Crippen molar-refractivity contribution in [2.45, 2.75) is 24.1 Å². The maximum Gasteiger partial charge on any atom is 0.254 e. The molecule has 0 aliphatic heterocycles. The number of hydrogen-bond donors (Lipinski definition) is 1. The lowest BCUT2D eigenvalue weighted by atomic mass is 10.1. The van der Waals surface area contributed by atoms with E-state index < -0.39 is 17.5 Å². The molecule has 0 heterocycles. The smallest absolute Gasteiger partial charge is 0.254 e. The monoisotopic (exact) mass is 317 g/mol. The van der Waals surface area contributed by atoms with Gasteiger partial charge < -0.3 is 5.32 Å². The van der Waals surface area contributed by atoms with Gasteiger partial charge in [0.2, 0.25) is 0 Å². The Balaban J connectivity index is 1.94. The van der Waals surface area contributed by atoms with Crippen molar-refractivity contribution in [2.24, 2.45) is 5.92 Å². The van der Waals surface area contributed by atoms with Crippen LogP contribution in [-0.2, 0) is 0 Å². The predicted molar refractivity (Wildman–Crippen MR) is 68.7 cm³/mol. The number of halogens is 3. The number of rotatable bonds is 3. The van der Waals surface area contributed by atoms with E-state index in [4.69, 9.17) is 0 Å². The van der Waals surface area contributed by atoms with Crippen LogP contribution in [0, 0.1) is 17.6 Å². The second-order valence-electron chi connectivity index (χ2n) is 4.59. The molecule has 2 unspecified atom stereocenters. The van der Waals surface area contributed by atoms with Gasteiger partial charge in [-0.3, -0.25) is 4.79 Å². The van der Waals surface area contributed by atoms with Gasteiger partial charge in [-0.05, 0) is 37.3 Å². The zero-order valence-corrected chi connectivity index (χ0v) is 11.3. The highest BCUT2D eigenvalue weighted by atomic mass is 79.9. The van der Waals surface area contributed by atoms with E-state index in [2.05, 4.69) is 21.2 Å². The van der Waals surface area contributed by atoms with Gasteiger partial charge >= 0.3 is 0 Å². The SMILES string of the molecule is O=C(NCC1CCC(Br)C1)c1cccc(F)c1F. The van der Waals surface area contributed by atoms with Crippen LogP contribution in [-0.4, -0.2) is 17.3 Å². The molecule has 0 aromatic heterocycles. The minimum absolute atomic E-state index is 0.233. The van der Waals surface area contributed by atoms with Gasteiger partial charge in [0.25, 0.3) is 5.91 Å². The normalized spacial score (nSPS) is 23.1. The molecule has 1 amide bonds. The lowest BCUT2D eigenvalue weighted by molar-refractivity contribution is 0.0942. The van der Waals surface area contributed by atoms with Crippen LogP contribution in [0.4, 0.5) is 8.78 Å². The van der Waals surface area contributed by atoms with Crippen LogP contribution >= 0.6 is 15.9 Å². The second kappa shape index (κ2) is 5.78. The van der Waals surface area contributed by atoms with E-state index in [1.807, 2.05) is 0 Å². The van der Waals surface area contributed by atoms with E-state index in [-0.39, 0.29) is 5.56 Å². The summed E-state index contributed by atoms with van der Waals surface area (Å²) in [6, 6.07) is 3.62. The molecule has 2 rings (SSSR count). The highest BCUT2D eigenvalue weighted by molar-refractivity contribution is 9.09. The molecule has 0 radical (unpaired) electrons. The number of carbonyl (C=O) groups is 1. The molecule has 1 N–H and O–H groups in total. The van der Waals surface area contributed by atoms with E-state index in [9.17, 15) is 13.6 Å². The summed E-state index contributed by atoms with van der Waals surface area (Å²) in [5.74, 6) is -2.22. The van der Waals surface area contributed by atoms with Crippen LogP contribution in [0.25, 0.3) is 0 Å². The summed E-state index contributed by atoms with van der Waals surface area (Å²) in [6.45, 7) is 0.511. The van der Waals surface area contributed by atoms with E-state index in [1.54, 1.807) is 0 Å². The summed E-state index contributed by atoms with van der Waals surface area (Å²) < 4.78 is 26.3. The molecule has 1 aliphatic rings. The molecule has 2 atom stereocenters. The summed E-state index contributed by atoms with van der Waals surface area (Å²) in [5.41, 5.74) is -0.233. The van der Waals surface area contributed by atoms with Crippen LogP contribution < -0.4 is 5.32 Å². The molecule has 98 valence electrons. The van der Waals surface area contributed by atoms with Crippen LogP contribution in [0.5, 0.6) is 0 Å². The van der Waals surface area contributed by atoms with Gasteiger partial charge in [-0.25, -0.2) is 8.78 Å². The first-order valence-corrected chi connectivity index (χ1v) is 6.85. The number of nitrogens with one attached hydrogen (secondary N) is 1. The summed E-state index contributed by atoms with van der Waals surface area (Å²) >= 11 is 3.53. The molecule has 2 nitrogen and oxygen atoms in total. The summed E-state index contributed by atoms with van der Waals surface area (Å²) in [6.07, 6.45) is 3.14. The molecule has 18 heavy (non-hydrogen) atoms. The van der Waals surface area contributed by atoms with Crippen molar-refractivity contribution < 1.29 is 13.6 Å². The van der Waals surface area contributed by atoms with Gasteiger partial charge in [0.05, 0.1) is 5.56 Å².